The Kier molecular flexibility index (Phi) is 7.33. The van der Waals surface area contributed by atoms with Crippen molar-refractivity contribution in [2.24, 2.45) is 0 Å². The van der Waals surface area contributed by atoms with E-state index in [1.165, 1.54) is 4.90 Å². The van der Waals surface area contributed by atoms with E-state index in [0.717, 1.165) is 25.7 Å². The van der Waals surface area contributed by atoms with Crippen LogP contribution >= 0.6 is 11.8 Å². The summed E-state index contributed by atoms with van der Waals surface area (Å²) in [6.07, 6.45) is 6.08. The second-order valence-corrected chi connectivity index (χ2v) is 7.81. The van der Waals surface area contributed by atoms with Crippen molar-refractivity contribution in [3.05, 3.63) is 12.7 Å². The van der Waals surface area contributed by atoms with Crippen molar-refractivity contribution >= 4 is 29.4 Å². The van der Waals surface area contributed by atoms with E-state index < -0.39 is 0 Å². The predicted molar refractivity (Wildman–Crippen MR) is 90.8 cm³/mol. The molecule has 0 N–H and O–H groups in total. The molecule has 0 aliphatic carbocycles. The molecule has 2 atom stereocenters. The van der Waals surface area contributed by atoms with Crippen LogP contribution < -0.4 is 0 Å². The molecule has 5 heteroatoms. The third-order valence-electron chi connectivity index (χ3n) is 4.16. The van der Waals surface area contributed by atoms with Crippen molar-refractivity contribution in [1.29, 1.82) is 0 Å². The maximum Gasteiger partial charge on any atom is 0.242 e. The van der Waals surface area contributed by atoms with Crippen LogP contribution in [-0.4, -0.2) is 39.0 Å². The van der Waals surface area contributed by atoms with Crippen LogP contribution in [0, 0.1) is 0 Å². The largest absolute Gasteiger partial charge is 0.300 e. The number of imide groups is 1. The van der Waals surface area contributed by atoms with Gasteiger partial charge < -0.3 is 4.79 Å². The third kappa shape index (κ3) is 5.27. The molecule has 2 amide bonds. The molecule has 0 aromatic carbocycles. The first-order chi connectivity index (χ1) is 10.3. The van der Waals surface area contributed by atoms with Gasteiger partial charge in [-0.1, -0.05) is 19.4 Å². The highest BCUT2D eigenvalue weighted by atomic mass is 32.2. The standard InChI is InChI=1S/C17H27NO3S/c1-5-17(4,6-2)22-14-12-15(20)18(16(14)21)11-9-7-8-10-13(3)19/h5,14H,1,6-12H2,2-4H3. The number of unbranched alkanes of at least 4 members (excludes halogenated alkanes) is 2. The smallest absolute Gasteiger partial charge is 0.242 e. The lowest BCUT2D eigenvalue weighted by Gasteiger charge is -2.26. The Morgan fingerprint density at radius 3 is 2.64 bits per heavy atom. The molecular formula is C17H27NO3S. The maximum absolute atomic E-state index is 12.4. The van der Waals surface area contributed by atoms with E-state index in [1.54, 1.807) is 18.7 Å². The first kappa shape index (κ1) is 18.9. The van der Waals surface area contributed by atoms with Crippen LogP contribution in [0.3, 0.4) is 0 Å². The van der Waals surface area contributed by atoms with Crippen LogP contribution in [0.25, 0.3) is 0 Å². The number of likely N-dealkylation sites (tertiary alicyclic amines) is 1. The van der Waals surface area contributed by atoms with E-state index in [4.69, 9.17) is 0 Å². The quantitative estimate of drug-likeness (QED) is 0.351. The van der Waals surface area contributed by atoms with Gasteiger partial charge in [-0.3, -0.25) is 14.5 Å². The van der Waals surface area contributed by atoms with E-state index >= 15 is 0 Å². The summed E-state index contributed by atoms with van der Waals surface area (Å²) in [5, 5.41) is -0.285. The number of carbonyl (C=O) groups is 3. The molecule has 0 aromatic heterocycles. The first-order valence-electron chi connectivity index (χ1n) is 7.98. The highest BCUT2D eigenvalue weighted by Crippen LogP contribution is 2.38. The summed E-state index contributed by atoms with van der Waals surface area (Å²) in [6, 6.07) is 0. The number of nitrogens with zero attached hydrogens (tertiary/aromatic N) is 1. The van der Waals surface area contributed by atoms with Crippen molar-refractivity contribution < 1.29 is 14.4 Å². The van der Waals surface area contributed by atoms with Gasteiger partial charge in [-0.2, -0.15) is 0 Å². The zero-order valence-electron chi connectivity index (χ0n) is 13.9. The average Bonchev–Trinajstić information content (AvgIpc) is 2.73. The molecule has 1 saturated heterocycles. The Labute approximate surface area is 137 Å². The topological polar surface area (TPSA) is 54.5 Å². The van der Waals surface area contributed by atoms with Gasteiger partial charge in [0.05, 0.1) is 5.25 Å². The van der Waals surface area contributed by atoms with Gasteiger partial charge in [-0.05, 0) is 33.1 Å². The summed E-state index contributed by atoms with van der Waals surface area (Å²) in [5.41, 5.74) is 0. The van der Waals surface area contributed by atoms with E-state index in [9.17, 15) is 14.4 Å². The second-order valence-electron chi connectivity index (χ2n) is 6.08. The molecule has 124 valence electrons. The fourth-order valence-corrected chi connectivity index (χ4v) is 3.77. The van der Waals surface area contributed by atoms with Gasteiger partial charge >= 0.3 is 0 Å². The molecule has 0 spiro atoms. The number of thioether (sulfide) groups is 1. The molecular weight excluding hydrogens is 298 g/mol. The fourth-order valence-electron chi connectivity index (χ4n) is 2.40. The minimum Gasteiger partial charge on any atom is -0.300 e. The van der Waals surface area contributed by atoms with E-state index in [-0.39, 0.29) is 27.6 Å². The Balaban J connectivity index is 2.47. The molecule has 1 aliphatic heterocycles. The lowest BCUT2D eigenvalue weighted by Crippen LogP contribution is -2.33. The van der Waals surface area contributed by atoms with Crippen LogP contribution in [0.15, 0.2) is 12.7 Å². The molecule has 2 unspecified atom stereocenters. The lowest BCUT2D eigenvalue weighted by atomic mass is 10.1. The number of hydrogen-bond donors (Lipinski definition) is 0. The maximum atomic E-state index is 12.4. The van der Waals surface area contributed by atoms with Gasteiger partial charge in [-0.15, -0.1) is 18.3 Å². The molecule has 0 radical (unpaired) electrons. The average molecular weight is 325 g/mol. The fraction of sp³-hybridized carbons (Fsp3) is 0.706. The minimum atomic E-state index is -0.285. The van der Waals surface area contributed by atoms with Crippen LogP contribution in [0.1, 0.15) is 59.3 Å². The van der Waals surface area contributed by atoms with Crippen molar-refractivity contribution in [3.8, 4) is 0 Å². The molecule has 1 heterocycles. The number of rotatable bonds is 10. The molecule has 1 aliphatic rings. The molecule has 22 heavy (non-hydrogen) atoms. The summed E-state index contributed by atoms with van der Waals surface area (Å²) >= 11 is 1.54. The second kappa shape index (κ2) is 8.51. The summed E-state index contributed by atoms with van der Waals surface area (Å²) in [4.78, 5) is 36.7. The van der Waals surface area contributed by atoms with Crippen LogP contribution in [0.2, 0.25) is 0 Å². The number of carbonyl (C=O) groups excluding carboxylic acids is 3. The lowest BCUT2D eigenvalue weighted by molar-refractivity contribution is -0.138. The van der Waals surface area contributed by atoms with Gasteiger partial charge in [0.2, 0.25) is 11.8 Å². The zero-order chi connectivity index (χ0) is 16.8. The normalized spacial score (nSPS) is 21.0. The number of Topliss-reactive ketones (excluding diaryl/α,β-unsaturated/α-hetero) is 1. The van der Waals surface area contributed by atoms with Gasteiger partial charge in [0, 0.05) is 24.1 Å². The zero-order valence-corrected chi connectivity index (χ0v) is 14.7. The number of ketones is 1. The summed E-state index contributed by atoms with van der Waals surface area (Å²) in [5.74, 6) is 0.0488. The van der Waals surface area contributed by atoms with E-state index in [2.05, 4.69) is 13.5 Å². The Morgan fingerprint density at radius 2 is 2.09 bits per heavy atom. The molecule has 0 saturated carbocycles. The van der Waals surface area contributed by atoms with Crippen molar-refractivity contribution in [1.82, 2.24) is 4.90 Å². The van der Waals surface area contributed by atoms with Gasteiger partial charge in [0.15, 0.2) is 0 Å². The molecule has 4 nitrogen and oxygen atoms in total. The Morgan fingerprint density at radius 1 is 1.41 bits per heavy atom. The molecule has 1 rings (SSSR count). The number of amides is 2. The highest BCUT2D eigenvalue weighted by Gasteiger charge is 2.41. The SMILES string of the molecule is C=CC(C)(CC)SC1CC(=O)N(CCCCCC(C)=O)C1=O. The summed E-state index contributed by atoms with van der Waals surface area (Å²) in [6.45, 7) is 10.0. The Bertz CT molecular complexity index is 449. The summed E-state index contributed by atoms with van der Waals surface area (Å²) in [7, 11) is 0. The summed E-state index contributed by atoms with van der Waals surface area (Å²) < 4.78 is -0.169. The van der Waals surface area contributed by atoms with Gasteiger partial charge in [0.1, 0.15) is 5.78 Å². The van der Waals surface area contributed by atoms with Gasteiger partial charge in [-0.25, -0.2) is 0 Å². The number of hydrogen-bond acceptors (Lipinski definition) is 4. The molecule has 0 bridgehead atoms. The molecule has 1 fully saturated rings. The first-order valence-corrected chi connectivity index (χ1v) is 8.86. The van der Waals surface area contributed by atoms with Crippen molar-refractivity contribution in [3.63, 3.8) is 0 Å². The van der Waals surface area contributed by atoms with Crippen molar-refractivity contribution in [2.45, 2.75) is 69.3 Å². The van der Waals surface area contributed by atoms with Crippen LogP contribution in [-0.2, 0) is 14.4 Å². The predicted octanol–water partition coefficient (Wildman–Crippen LogP) is 3.35. The van der Waals surface area contributed by atoms with Crippen LogP contribution in [0.5, 0.6) is 0 Å². The van der Waals surface area contributed by atoms with Crippen molar-refractivity contribution in [2.75, 3.05) is 6.54 Å². The monoisotopic (exact) mass is 325 g/mol. The highest BCUT2D eigenvalue weighted by molar-refractivity contribution is 8.02. The third-order valence-corrected chi connectivity index (χ3v) is 5.81. The Hall–Kier alpha value is -1.10. The van der Waals surface area contributed by atoms with E-state index in [1.807, 2.05) is 13.0 Å². The van der Waals surface area contributed by atoms with Gasteiger partial charge in [0.25, 0.3) is 0 Å². The minimum absolute atomic E-state index is 0.0666. The van der Waals surface area contributed by atoms with Crippen LogP contribution in [0.4, 0.5) is 0 Å². The van der Waals surface area contributed by atoms with E-state index in [0.29, 0.717) is 19.4 Å². The molecule has 0 aromatic rings.